The third-order valence-corrected chi connectivity index (χ3v) is 4.05. The van der Waals surface area contributed by atoms with Gasteiger partial charge in [0.1, 0.15) is 5.58 Å². The minimum absolute atomic E-state index is 0.139. The van der Waals surface area contributed by atoms with Gasteiger partial charge in [-0.05, 0) is 31.0 Å². The molecular formula is C19H19NO3. The van der Waals surface area contributed by atoms with Crippen LogP contribution in [0.5, 0.6) is 0 Å². The van der Waals surface area contributed by atoms with Gasteiger partial charge in [-0.15, -0.1) is 0 Å². The van der Waals surface area contributed by atoms with Crippen molar-refractivity contribution in [3.8, 4) is 0 Å². The van der Waals surface area contributed by atoms with Crippen LogP contribution in [-0.4, -0.2) is 17.6 Å². The number of hydrogen-bond donors (Lipinski definition) is 2. The van der Waals surface area contributed by atoms with Crippen molar-refractivity contribution < 1.29 is 14.3 Å². The van der Waals surface area contributed by atoms with E-state index < -0.39 is 6.10 Å². The molecule has 0 aliphatic heterocycles. The van der Waals surface area contributed by atoms with Crippen molar-refractivity contribution in [2.45, 2.75) is 20.0 Å². The number of carbonyl (C=O) groups is 1. The van der Waals surface area contributed by atoms with Crippen molar-refractivity contribution in [3.05, 3.63) is 71.0 Å². The molecule has 0 aliphatic carbocycles. The number of fused-ring (bicyclic) bond motifs is 1. The number of amides is 1. The van der Waals surface area contributed by atoms with Crippen molar-refractivity contribution in [2.75, 3.05) is 6.54 Å². The highest BCUT2D eigenvalue weighted by molar-refractivity contribution is 5.98. The lowest BCUT2D eigenvalue weighted by Crippen LogP contribution is -2.28. The van der Waals surface area contributed by atoms with Gasteiger partial charge < -0.3 is 14.8 Å². The van der Waals surface area contributed by atoms with Gasteiger partial charge in [0.05, 0.1) is 6.10 Å². The Labute approximate surface area is 134 Å². The fourth-order valence-electron chi connectivity index (χ4n) is 2.73. The number of aliphatic hydroxyl groups is 1. The van der Waals surface area contributed by atoms with E-state index in [0.29, 0.717) is 11.3 Å². The normalized spacial score (nSPS) is 12.3. The van der Waals surface area contributed by atoms with Crippen molar-refractivity contribution >= 4 is 16.9 Å². The zero-order valence-corrected chi connectivity index (χ0v) is 13.2. The van der Waals surface area contributed by atoms with Gasteiger partial charge in [0.2, 0.25) is 0 Å². The van der Waals surface area contributed by atoms with E-state index in [4.69, 9.17) is 4.42 Å². The van der Waals surface area contributed by atoms with Crippen LogP contribution in [-0.2, 0) is 0 Å². The number of benzene rings is 2. The Morgan fingerprint density at radius 3 is 2.57 bits per heavy atom. The maximum atomic E-state index is 12.3. The Kier molecular flexibility index (Phi) is 4.17. The van der Waals surface area contributed by atoms with Crippen LogP contribution in [0.2, 0.25) is 0 Å². The molecule has 0 radical (unpaired) electrons. The molecule has 3 rings (SSSR count). The Balaban J connectivity index is 1.74. The minimum atomic E-state index is -0.746. The van der Waals surface area contributed by atoms with Gasteiger partial charge in [0.25, 0.3) is 5.91 Å². The molecule has 2 N–H and O–H groups in total. The zero-order chi connectivity index (χ0) is 16.4. The summed E-state index contributed by atoms with van der Waals surface area (Å²) in [7, 11) is 0. The predicted octanol–water partition coefficient (Wildman–Crippen LogP) is 3.51. The molecule has 1 unspecified atom stereocenters. The van der Waals surface area contributed by atoms with Crippen LogP contribution in [0.4, 0.5) is 0 Å². The van der Waals surface area contributed by atoms with Gasteiger partial charge in [0.15, 0.2) is 5.76 Å². The summed E-state index contributed by atoms with van der Waals surface area (Å²) in [6, 6.07) is 15.1. The predicted molar refractivity (Wildman–Crippen MR) is 89.4 cm³/mol. The summed E-state index contributed by atoms with van der Waals surface area (Å²) in [4.78, 5) is 12.3. The third-order valence-electron chi connectivity index (χ3n) is 4.05. The topological polar surface area (TPSA) is 62.5 Å². The molecule has 0 saturated heterocycles. The van der Waals surface area contributed by atoms with E-state index in [9.17, 15) is 9.90 Å². The van der Waals surface area contributed by atoms with Crippen LogP contribution < -0.4 is 5.32 Å². The number of furan rings is 1. The monoisotopic (exact) mass is 309 g/mol. The highest BCUT2D eigenvalue weighted by Gasteiger charge is 2.18. The van der Waals surface area contributed by atoms with Crippen molar-refractivity contribution in [3.63, 3.8) is 0 Å². The summed E-state index contributed by atoms with van der Waals surface area (Å²) < 4.78 is 5.63. The van der Waals surface area contributed by atoms with Crippen LogP contribution in [0.25, 0.3) is 11.0 Å². The zero-order valence-electron chi connectivity index (χ0n) is 13.2. The van der Waals surface area contributed by atoms with Crippen LogP contribution in [0, 0.1) is 13.8 Å². The van der Waals surface area contributed by atoms with Crippen molar-refractivity contribution in [1.82, 2.24) is 5.32 Å². The third kappa shape index (κ3) is 2.98. The Hall–Kier alpha value is -2.59. The van der Waals surface area contributed by atoms with E-state index in [-0.39, 0.29) is 12.5 Å². The first-order valence-corrected chi connectivity index (χ1v) is 7.58. The van der Waals surface area contributed by atoms with E-state index in [0.717, 1.165) is 22.1 Å². The van der Waals surface area contributed by atoms with E-state index >= 15 is 0 Å². The average molecular weight is 309 g/mol. The number of para-hydroxylation sites is 1. The van der Waals surface area contributed by atoms with Crippen molar-refractivity contribution in [2.24, 2.45) is 0 Å². The fraction of sp³-hybridized carbons (Fsp3) is 0.211. The fourth-order valence-corrected chi connectivity index (χ4v) is 2.73. The smallest absolute Gasteiger partial charge is 0.287 e. The molecule has 0 aliphatic rings. The molecule has 2 aromatic carbocycles. The molecule has 0 bridgehead atoms. The molecule has 23 heavy (non-hydrogen) atoms. The number of carbonyl (C=O) groups excluding carboxylic acids is 1. The Morgan fingerprint density at radius 1 is 1.13 bits per heavy atom. The van der Waals surface area contributed by atoms with Gasteiger partial charge >= 0.3 is 0 Å². The molecule has 118 valence electrons. The SMILES string of the molecule is Cc1ccccc1C(O)CNC(=O)c1oc2ccccc2c1C. The summed E-state index contributed by atoms with van der Waals surface area (Å²) in [5.74, 6) is -0.0190. The highest BCUT2D eigenvalue weighted by Crippen LogP contribution is 2.25. The van der Waals surface area contributed by atoms with Crippen LogP contribution in [0.3, 0.4) is 0 Å². The first-order valence-electron chi connectivity index (χ1n) is 7.58. The van der Waals surface area contributed by atoms with E-state index in [2.05, 4.69) is 5.32 Å². The summed E-state index contributed by atoms with van der Waals surface area (Å²) in [5.41, 5.74) is 3.31. The lowest BCUT2D eigenvalue weighted by atomic mass is 10.0. The summed E-state index contributed by atoms with van der Waals surface area (Å²) >= 11 is 0. The molecule has 1 aromatic heterocycles. The Morgan fingerprint density at radius 2 is 1.83 bits per heavy atom. The molecule has 1 atom stereocenters. The quantitative estimate of drug-likeness (QED) is 0.775. The summed E-state index contributed by atoms with van der Waals surface area (Å²) in [5, 5.41) is 13.9. The number of rotatable bonds is 4. The first-order chi connectivity index (χ1) is 11.1. The standard InChI is InChI=1S/C19H19NO3/c1-12-7-3-4-8-14(12)16(21)11-20-19(22)18-13(2)15-9-5-6-10-17(15)23-18/h3-10,16,21H,11H2,1-2H3,(H,20,22). The number of nitrogens with one attached hydrogen (secondary N) is 1. The lowest BCUT2D eigenvalue weighted by molar-refractivity contribution is 0.0890. The molecule has 3 aromatic rings. The second kappa shape index (κ2) is 6.26. The molecule has 0 saturated carbocycles. The highest BCUT2D eigenvalue weighted by atomic mass is 16.3. The number of hydrogen-bond acceptors (Lipinski definition) is 3. The number of aliphatic hydroxyl groups excluding tert-OH is 1. The maximum absolute atomic E-state index is 12.3. The van der Waals surface area contributed by atoms with E-state index in [1.807, 2.05) is 62.4 Å². The van der Waals surface area contributed by atoms with Gasteiger partial charge in [-0.25, -0.2) is 0 Å². The lowest BCUT2D eigenvalue weighted by Gasteiger charge is -2.14. The molecule has 1 heterocycles. The molecule has 1 amide bonds. The first kappa shape index (κ1) is 15.3. The average Bonchev–Trinajstić information content (AvgIpc) is 2.90. The summed E-state index contributed by atoms with van der Waals surface area (Å²) in [6.45, 7) is 3.93. The van der Waals surface area contributed by atoms with Gasteiger partial charge in [-0.1, -0.05) is 42.5 Å². The number of aryl methyl sites for hydroxylation is 2. The summed E-state index contributed by atoms with van der Waals surface area (Å²) in [6.07, 6.45) is -0.746. The van der Waals surface area contributed by atoms with Gasteiger partial charge in [-0.2, -0.15) is 0 Å². The van der Waals surface area contributed by atoms with Crippen molar-refractivity contribution in [1.29, 1.82) is 0 Å². The van der Waals surface area contributed by atoms with E-state index in [1.165, 1.54) is 0 Å². The second-order valence-electron chi connectivity index (χ2n) is 5.63. The molecule has 0 spiro atoms. The van der Waals surface area contributed by atoms with Crippen LogP contribution in [0.15, 0.2) is 52.9 Å². The second-order valence-corrected chi connectivity index (χ2v) is 5.63. The van der Waals surface area contributed by atoms with Crippen LogP contribution in [0.1, 0.15) is 33.3 Å². The van der Waals surface area contributed by atoms with Gasteiger partial charge in [0, 0.05) is 17.5 Å². The molecular weight excluding hydrogens is 290 g/mol. The van der Waals surface area contributed by atoms with E-state index in [1.54, 1.807) is 0 Å². The molecule has 4 heteroatoms. The maximum Gasteiger partial charge on any atom is 0.287 e. The molecule has 4 nitrogen and oxygen atoms in total. The van der Waals surface area contributed by atoms with Gasteiger partial charge in [-0.3, -0.25) is 4.79 Å². The Bertz CT molecular complexity index is 851. The largest absolute Gasteiger partial charge is 0.451 e. The minimum Gasteiger partial charge on any atom is -0.451 e. The molecule has 0 fully saturated rings. The van der Waals surface area contributed by atoms with Crippen LogP contribution >= 0.6 is 0 Å².